The van der Waals surface area contributed by atoms with Gasteiger partial charge in [-0.15, -0.1) is 11.3 Å². The standard InChI is InChI=1S/C14H19N3O2S2/c1-11-3-6-14(20-11)21(18,19)16(2)9-12-4-5-13-15-7-8-17(13)10-12/h3,6-8,12H,4-5,9-10H2,1-2H3. The Morgan fingerprint density at radius 1 is 1.48 bits per heavy atom. The number of hydrogen-bond acceptors (Lipinski definition) is 4. The van der Waals surface area contributed by atoms with Gasteiger partial charge in [0.2, 0.25) is 0 Å². The number of sulfonamides is 1. The van der Waals surface area contributed by atoms with Crippen molar-refractivity contribution in [3.05, 3.63) is 35.2 Å². The second-order valence-corrected chi connectivity index (χ2v) is 9.11. The number of fused-ring (bicyclic) bond motifs is 1. The Bertz CT molecular complexity index is 733. The zero-order valence-electron chi connectivity index (χ0n) is 12.2. The lowest BCUT2D eigenvalue weighted by Crippen LogP contribution is -2.35. The van der Waals surface area contributed by atoms with Gasteiger partial charge in [0.05, 0.1) is 0 Å². The van der Waals surface area contributed by atoms with Crippen molar-refractivity contribution in [2.24, 2.45) is 5.92 Å². The Kier molecular flexibility index (Phi) is 3.90. The first-order valence-corrected chi connectivity index (χ1v) is 9.25. The highest BCUT2D eigenvalue weighted by Crippen LogP contribution is 2.26. The normalized spacial score (nSPS) is 18.9. The second kappa shape index (κ2) is 5.55. The third kappa shape index (κ3) is 2.90. The number of aromatic nitrogens is 2. The molecule has 2 aromatic heterocycles. The van der Waals surface area contributed by atoms with E-state index in [9.17, 15) is 8.42 Å². The predicted octanol–water partition coefficient (Wildman–Crippen LogP) is 2.14. The maximum Gasteiger partial charge on any atom is 0.252 e. The first-order valence-electron chi connectivity index (χ1n) is 6.99. The zero-order chi connectivity index (χ0) is 15.0. The molecule has 1 aliphatic heterocycles. The molecular weight excluding hydrogens is 306 g/mol. The highest BCUT2D eigenvalue weighted by molar-refractivity contribution is 7.91. The van der Waals surface area contributed by atoms with Gasteiger partial charge in [-0.25, -0.2) is 13.4 Å². The average Bonchev–Trinajstić information content (AvgIpc) is 3.06. The van der Waals surface area contributed by atoms with Crippen LogP contribution in [-0.4, -0.2) is 35.9 Å². The molecule has 0 spiro atoms. The molecule has 0 saturated heterocycles. The van der Waals surface area contributed by atoms with Gasteiger partial charge in [0.1, 0.15) is 10.0 Å². The number of rotatable bonds is 4. The SMILES string of the molecule is Cc1ccc(S(=O)(=O)N(C)CC2CCc3nccn3C2)s1. The summed E-state index contributed by atoms with van der Waals surface area (Å²) in [6, 6.07) is 3.55. The molecule has 1 atom stereocenters. The molecule has 114 valence electrons. The Morgan fingerprint density at radius 2 is 2.29 bits per heavy atom. The molecule has 21 heavy (non-hydrogen) atoms. The van der Waals surface area contributed by atoms with Gasteiger partial charge in [-0.05, 0) is 31.4 Å². The Balaban J connectivity index is 1.71. The first kappa shape index (κ1) is 14.7. The summed E-state index contributed by atoms with van der Waals surface area (Å²) in [6.07, 6.45) is 5.69. The summed E-state index contributed by atoms with van der Waals surface area (Å²) in [4.78, 5) is 5.32. The van der Waals surface area contributed by atoms with Crippen molar-refractivity contribution >= 4 is 21.4 Å². The molecule has 0 fully saturated rings. The Labute approximate surface area is 129 Å². The summed E-state index contributed by atoms with van der Waals surface area (Å²) >= 11 is 1.33. The van der Waals surface area contributed by atoms with E-state index in [0.29, 0.717) is 16.7 Å². The van der Waals surface area contributed by atoms with E-state index in [4.69, 9.17) is 0 Å². The third-order valence-electron chi connectivity index (χ3n) is 3.93. The van der Waals surface area contributed by atoms with Crippen LogP contribution in [0, 0.1) is 12.8 Å². The van der Waals surface area contributed by atoms with Crippen LogP contribution in [0.5, 0.6) is 0 Å². The van der Waals surface area contributed by atoms with Crippen LogP contribution in [0.1, 0.15) is 17.1 Å². The molecule has 0 aromatic carbocycles. The van der Waals surface area contributed by atoms with E-state index in [0.717, 1.165) is 30.1 Å². The van der Waals surface area contributed by atoms with Crippen LogP contribution < -0.4 is 0 Å². The third-order valence-corrected chi connectivity index (χ3v) is 7.22. The molecule has 0 saturated carbocycles. The minimum atomic E-state index is -3.35. The van der Waals surface area contributed by atoms with E-state index >= 15 is 0 Å². The molecule has 0 bridgehead atoms. The highest BCUT2D eigenvalue weighted by atomic mass is 32.2. The summed E-state index contributed by atoms with van der Waals surface area (Å²) in [6.45, 7) is 3.32. The summed E-state index contributed by atoms with van der Waals surface area (Å²) < 4.78 is 29.1. The van der Waals surface area contributed by atoms with Gasteiger partial charge in [0, 0.05) is 43.8 Å². The monoisotopic (exact) mass is 325 g/mol. The van der Waals surface area contributed by atoms with Gasteiger partial charge in [-0.1, -0.05) is 0 Å². The van der Waals surface area contributed by atoms with E-state index in [1.165, 1.54) is 15.6 Å². The molecule has 0 radical (unpaired) electrons. The molecular formula is C14H19N3O2S2. The smallest absolute Gasteiger partial charge is 0.252 e. The molecule has 0 aliphatic carbocycles. The molecule has 0 amide bonds. The van der Waals surface area contributed by atoms with Crippen LogP contribution in [0.15, 0.2) is 28.7 Å². The fraction of sp³-hybridized carbons (Fsp3) is 0.500. The fourth-order valence-electron chi connectivity index (χ4n) is 2.75. The summed E-state index contributed by atoms with van der Waals surface area (Å²) in [5.41, 5.74) is 0. The van der Waals surface area contributed by atoms with E-state index in [-0.39, 0.29) is 0 Å². The molecule has 3 rings (SSSR count). The Hall–Kier alpha value is -1.18. The van der Waals surface area contributed by atoms with Crippen molar-refractivity contribution < 1.29 is 8.42 Å². The largest absolute Gasteiger partial charge is 0.335 e. The first-order chi connectivity index (χ1) is 9.96. The molecule has 3 heterocycles. The fourth-order valence-corrected chi connectivity index (χ4v) is 5.49. The van der Waals surface area contributed by atoms with Crippen molar-refractivity contribution in [1.29, 1.82) is 0 Å². The van der Waals surface area contributed by atoms with Crippen molar-refractivity contribution in [3.8, 4) is 0 Å². The van der Waals surface area contributed by atoms with Gasteiger partial charge in [-0.2, -0.15) is 4.31 Å². The molecule has 2 aromatic rings. The topological polar surface area (TPSA) is 55.2 Å². The van der Waals surface area contributed by atoms with E-state index in [1.54, 1.807) is 13.1 Å². The summed E-state index contributed by atoms with van der Waals surface area (Å²) in [5.74, 6) is 1.44. The van der Waals surface area contributed by atoms with Crippen LogP contribution in [-0.2, 0) is 23.0 Å². The van der Waals surface area contributed by atoms with Crippen LogP contribution in [0.25, 0.3) is 0 Å². The molecule has 1 unspecified atom stereocenters. The molecule has 0 N–H and O–H groups in total. The number of aryl methyl sites for hydroxylation is 2. The van der Waals surface area contributed by atoms with Crippen molar-refractivity contribution in [2.75, 3.05) is 13.6 Å². The molecule has 1 aliphatic rings. The highest BCUT2D eigenvalue weighted by Gasteiger charge is 2.27. The van der Waals surface area contributed by atoms with Crippen molar-refractivity contribution in [3.63, 3.8) is 0 Å². The maximum absolute atomic E-state index is 12.5. The maximum atomic E-state index is 12.5. The van der Waals surface area contributed by atoms with Gasteiger partial charge < -0.3 is 4.57 Å². The second-order valence-electron chi connectivity index (χ2n) is 5.55. The minimum absolute atomic E-state index is 0.340. The molecule has 5 nitrogen and oxygen atoms in total. The van der Waals surface area contributed by atoms with Crippen LogP contribution >= 0.6 is 11.3 Å². The zero-order valence-corrected chi connectivity index (χ0v) is 13.8. The van der Waals surface area contributed by atoms with Gasteiger partial charge in [0.25, 0.3) is 10.0 Å². The summed E-state index contributed by atoms with van der Waals surface area (Å²) in [5, 5.41) is 0. The molecule has 7 heteroatoms. The minimum Gasteiger partial charge on any atom is -0.335 e. The number of imidazole rings is 1. The number of nitrogens with zero attached hydrogens (tertiary/aromatic N) is 3. The quantitative estimate of drug-likeness (QED) is 0.865. The van der Waals surface area contributed by atoms with E-state index in [2.05, 4.69) is 9.55 Å². The average molecular weight is 325 g/mol. The summed E-state index contributed by atoms with van der Waals surface area (Å²) in [7, 11) is -1.68. The lowest BCUT2D eigenvalue weighted by atomic mass is 10.00. The van der Waals surface area contributed by atoms with Crippen LogP contribution in [0.3, 0.4) is 0 Å². The number of thiophene rings is 1. The van der Waals surface area contributed by atoms with Crippen LogP contribution in [0.2, 0.25) is 0 Å². The van der Waals surface area contributed by atoms with E-state index in [1.807, 2.05) is 25.4 Å². The Morgan fingerprint density at radius 3 is 3.00 bits per heavy atom. The van der Waals surface area contributed by atoms with Crippen LogP contribution in [0.4, 0.5) is 0 Å². The van der Waals surface area contributed by atoms with E-state index < -0.39 is 10.0 Å². The lowest BCUT2D eigenvalue weighted by Gasteiger charge is -2.27. The van der Waals surface area contributed by atoms with Gasteiger partial charge >= 0.3 is 0 Å². The van der Waals surface area contributed by atoms with Crippen molar-refractivity contribution in [1.82, 2.24) is 13.9 Å². The lowest BCUT2D eigenvalue weighted by molar-refractivity contribution is 0.303. The van der Waals surface area contributed by atoms with Gasteiger partial charge in [-0.3, -0.25) is 0 Å². The van der Waals surface area contributed by atoms with Gasteiger partial charge in [0.15, 0.2) is 0 Å². The van der Waals surface area contributed by atoms with Crippen molar-refractivity contribution in [2.45, 2.75) is 30.5 Å². The number of hydrogen-bond donors (Lipinski definition) is 0. The predicted molar refractivity (Wildman–Crippen MR) is 82.9 cm³/mol.